The molecule has 0 amide bonds. The van der Waals surface area contributed by atoms with Gasteiger partial charge >= 0.3 is 0 Å². The molecule has 0 atom stereocenters. The molecule has 2 heterocycles. The van der Waals surface area contributed by atoms with Crippen LogP contribution in [0.5, 0.6) is 5.75 Å². The molecule has 6 nitrogen and oxygen atoms in total. The van der Waals surface area contributed by atoms with Crippen LogP contribution < -0.4 is 9.46 Å². The molecule has 1 aromatic carbocycles. The van der Waals surface area contributed by atoms with Crippen molar-refractivity contribution in [1.29, 1.82) is 0 Å². The molecule has 2 fully saturated rings. The van der Waals surface area contributed by atoms with Gasteiger partial charge in [-0.1, -0.05) is 12.1 Å². The monoisotopic (exact) mass is 410 g/mol. The highest BCUT2D eigenvalue weighted by molar-refractivity contribution is 7.89. The Balaban J connectivity index is 1.56. The smallest absolute Gasteiger partial charge is 0.211 e. The number of benzene rings is 1. The molecule has 1 aromatic rings. The molecule has 1 N–H and O–H groups in total. The Bertz CT molecular complexity index is 694. The number of ether oxygens (including phenoxy) is 2. The van der Waals surface area contributed by atoms with Crippen LogP contribution in [-0.2, 0) is 20.2 Å². The fourth-order valence-electron chi connectivity index (χ4n) is 4.07. The van der Waals surface area contributed by atoms with Crippen molar-refractivity contribution in [3.05, 3.63) is 29.8 Å². The molecule has 0 radical (unpaired) electrons. The predicted molar refractivity (Wildman–Crippen MR) is 111 cm³/mol. The number of likely N-dealkylation sites (tertiary alicyclic amines) is 1. The summed E-state index contributed by atoms with van der Waals surface area (Å²) in [6.45, 7) is 7.68. The van der Waals surface area contributed by atoms with E-state index in [0.29, 0.717) is 19.8 Å². The van der Waals surface area contributed by atoms with E-state index in [4.69, 9.17) is 9.47 Å². The maximum atomic E-state index is 11.9. The zero-order valence-corrected chi connectivity index (χ0v) is 17.8. The van der Waals surface area contributed by atoms with Crippen LogP contribution in [0.2, 0.25) is 0 Å². The molecule has 0 unspecified atom stereocenters. The normalized spacial score (nSPS) is 20.3. The van der Waals surface area contributed by atoms with Gasteiger partial charge in [0.1, 0.15) is 5.75 Å². The minimum absolute atomic E-state index is 0.101. The number of nitrogens with one attached hydrogen (secondary N) is 1. The topological polar surface area (TPSA) is 67.9 Å². The van der Waals surface area contributed by atoms with E-state index >= 15 is 0 Å². The molecule has 3 rings (SSSR count). The minimum Gasteiger partial charge on any atom is -0.494 e. The van der Waals surface area contributed by atoms with E-state index in [1.54, 1.807) is 6.92 Å². The van der Waals surface area contributed by atoms with E-state index in [9.17, 15) is 8.42 Å². The summed E-state index contributed by atoms with van der Waals surface area (Å²) in [4.78, 5) is 2.50. The molecule has 2 saturated heterocycles. The van der Waals surface area contributed by atoms with Crippen molar-refractivity contribution in [2.45, 2.75) is 44.4 Å². The van der Waals surface area contributed by atoms with Gasteiger partial charge in [-0.15, -0.1) is 0 Å². The number of hydrogen-bond donors (Lipinski definition) is 1. The summed E-state index contributed by atoms with van der Waals surface area (Å²) in [6.07, 6.45) is 5.32. The van der Waals surface area contributed by atoms with Crippen LogP contribution in [-0.4, -0.2) is 65.1 Å². The Labute approximate surface area is 169 Å². The quantitative estimate of drug-likeness (QED) is 0.601. The molecule has 0 aromatic heterocycles. The fraction of sp³-hybridized carbons (Fsp3) is 0.714. The molecule has 7 heteroatoms. The van der Waals surface area contributed by atoms with Crippen LogP contribution in [0.4, 0.5) is 0 Å². The first-order chi connectivity index (χ1) is 13.5. The molecule has 2 aliphatic rings. The molecular weight excluding hydrogens is 376 g/mol. The first-order valence-corrected chi connectivity index (χ1v) is 12.2. The van der Waals surface area contributed by atoms with Crippen molar-refractivity contribution in [1.82, 2.24) is 9.62 Å². The van der Waals surface area contributed by atoms with Gasteiger partial charge < -0.3 is 14.4 Å². The lowest BCUT2D eigenvalue weighted by atomic mass is 9.74. The highest BCUT2D eigenvalue weighted by atomic mass is 32.2. The van der Waals surface area contributed by atoms with E-state index in [2.05, 4.69) is 21.8 Å². The van der Waals surface area contributed by atoms with Crippen LogP contribution in [0.1, 0.15) is 44.6 Å². The molecule has 158 valence electrons. The molecule has 0 bridgehead atoms. The van der Waals surface area contributed by atoms with Gasteiger partial charge in [0.25, 0.3) is 0 Å². The van der Waals surface area contributed by atoms with Gasteiger partial charge in [-0.2, -0.15) is 0 Å². The molecule has 2 aliphatic heterocycles. The van der Waals surface area contributed by atoms with Crippen molar-refractivity contribution >= 4 is 10.0 Å². The summed E-state index contributed by atoms with van der Waals surface area (Å²) >= 11 is 0. The average Bonchev–Trinajstić information content (AvgIpc) is 3.25. The number of hydrogen-bond acceptors (Lipinski definition) is 5. The summed E-state index contributed by atoms with van der Waals surface area (Å²) < 4.78 is 38.1. The maximum absolute atomic E-state index is 11.9. The van der Waals surface area contributed by atoms with Crippen LogP contribution in [0.3, 0.4) is 0 Å². The van der Waals surface area contributed by atoms with Crippen molar-refractivity contribution < 1.29 is 17.9 Å². The summed E-state index contributed by atoms with van der Waals surface area (Å²) in [5.74, 6) is 0.977. The second-order valence-electron chi connectivity index (χ2n) is 7.89. The Hall–Kier alpha value is -1.15. The van der Waals surface area contributed by atoms with Gasteiger partial charge in [-0.25, -0.2) is 13.1 Å². The summed E-state index contributed by atoms with van der Waals surface area (Å²) in [5.41, 5.74) is 0.938. The zero-order valence-electron chi connectivity index (χ0n) is 17.0. The molecule has 0 spiro atoms. The van der Waals surface area contributed by atoms with E-state index in [0.717, 1.165) is 43.7 Å². The molecule has 28 heavy (non-hydrogen) atoms. The number of nitrogens with zero attached hydrogens (tertiary/aromatic N) is 1. The van der Waals surface area contributed by atoms with Gasteiger partial charge in [0, 0.05) is 31.7 Å². The van der Waals surface area contributed by atoms with Gasteiger partial charge in [0.15, 0.2) is 0 Å². The van der Waals surface area contributed by atoms with Gasteiger partial charge in [-0.3, -0.25) is 0 Å². The molecule has 0 aliphatic carbocycles. The van der Waals surface area contributed by atoms with Gasteiger partial charge in [-0.05, 0) is 69.8 Å². The minimum atomic E-state index is -3.21. The highest BCUT2D eigenvalue weighted by Crippen LogP contribution is 2.35. The zero-order chi connectivity index (χ0) is 19.9. The summed E-state index contributed by atoms with van der Waals surface area (Å²) in [7, 11) is -3.21. The van der Waals surface area contributed by atoms with E-state index < -0.39 is 10.0 Å². The maximum Gasteiger partial charge on any atom is 0.211 e. The van der Waals surface area contributed by atoms with E-state index in [1.807, 2.05) is 12.1 Å². The second-order valence-corrected chi connectivity index (χ2v) is 9.99. The van der Waals surface area contributed by atoms with Crippen molar-refractivity contribution in [2.24, 2.45) is 0 Å². The second kappa shape index (κ2) is 10.1. The van der Waals surface area contributed by atoms with E-state index in [-0.39, 0.29) is 11.2 Å². The lowest BCUT2D eigenvalue weighted by Gasteiger charge is -2.38. The Morgan fingerprint density at radius 2 is 1.82 bits per heavy atom. The van der Waals surface area contributed by atoms with Crippen molar-refractivity contribution in [3.8, 4) is 5.75 Å². The first-order valence-electron chi connectivity index (χ1n) is 10.5. The third kappa shape index (κ3) is 5.92. The van der Waals surface area contributed by atoms with Crippen LogP contribution in [0, 0.1) is 0 Å². The standard InChI is InChI=1S/C21H34N2O4S/c1-2-28(24,25)22-18-21(10-16-26-17-11-21)19-6-8-20(9-7-19)27-15-5-14-23-12-3-4-13-23/h6-9,22H,2-5,10-18H2,1H3. The number of sulfonamides is 1. The van der Waals surface area contributed by atoms with Crippen LogP contribution >= 0.6 is 0 Å². The Morgan fingerprint density at radius 3 is 2.46 bits per heavy atom. The summed E-state index contributed by atoms with van der Waals surface area (Å²) in [5, 5.41) is 0. The largest absolute Gasteiger partial charge is 0.494 e. The highest BCUT2D eigenvalue weighted by Gasteiger charge is 2.35. The lowest BCUT2D eigenvalue weighted by molar-refractivity contribution is 0.0517. The van der Waals surface area contributed by atoms with Gasteiger partial charge in [0.05, 0.1) is 12.4 Å². The average molecular weight is 411 g/mol. The Kier molecular flexibility index (Phi) is 7.74. The first kappa shape index (κ1) is 21.6. The number of rotatable bonds is 10. The lowest BCUT2D eigenvalue weighted by Crippen LogP contribution is -2.44. The van der Waals surface area contributed by atoms with Crippen LogP contribution in [0.15, 0.2) is 24.3 Å². The van der Waals surface area contributed by atoms with Gasteiger partial charge in [0.2, 0.25) is 10.0 Å². The third-order valence-corrected chi connectivity index (χ3v) is 7.36. The van der Waals surface area contributed by atoms with Crippen molar-refractivity contribution in [2.75, 3.05) is 51.8 Å². The SMILES string of the molecule is CCS(=O)(=O)NCC1(c2ccc(OCCCN3CCCC3)cc2)CCOCC1. The third-order valence-electron chi connectivity index (χ3n) is 6.01. The predicted octanol–water partition coefficient (Wildman–Crippen LogP) is 2.54. The van der Waals surface area contributed by atoms with Crippen molar-refractivity contribution in [3.63, 3.8) is 0 Å². The fourth-order valence-corrected chi connectivity index (χ4v) is 4.77. The van der Waals surface area contributed by atoms with Crippen LogP contribution in [0.25, 0.3) is 0 Å². The Morgan fingerprint density at radius 1 is 1.14 bits per heavy atom. The summed E-state index contributed by atoms with van der Waals surface area (Å²) in [6, 6.07) is 8.19. The van der Waals surface area contributed by atoms with E-state index in [1.165, 1.54) is 25.9 Å². The molecular formula is C21H34N2O4S. The molecule has 0 saturated carbocycles.